The Kier molecular flexibility index (Phi) is 5.13. The minimum atomic E-state index is -0.274. The van der Waals surface area contributed by atoms with Crippen molar-refractivity contribution in [2.24, 2.45) is 5.92 Å². The largest absolute Gasteiger partial charge is 0.493 e. The van der Waals surface area contributed by atoms with Gasteiger partial charge in [0, 0.05) is 31.7 Å². The Labute approximate surface area is 141 Å². The number of aryl methyl sites for hydroxylation is 1. The highest BCUT2D eigenvalue weighted by atomic mass is 19.1. The number of ether oxygens (including phenoxy) is 1. The first kappa shape index (κ1) is 16.5. The second-order valence-electron chi connectivity index (χ2n) is 6.06. The highest BCUT2D eigenvalue weighted by Crippen LogP contribution is 2.20. The van der Waals surface area contributed by atoms with E-state index in [1.807, 2.05) is 11.8 Å². The van der Waals surface area contributed by atoms with Gasteiger partial charge in [-0.1, -0.05) is 0 Å². The van der Waals surface area contributed by atoms with Gasteiger partial charge in [0.05, 0.1) is 6.61 Å². The Hall–Kier alpha value is -2.37. The molecule has 3 rings (SSSR count). The van der Waals surface area contributed by atoms with Crippen molar-refractivity contribution in [2.45, 2.75) is 26.3 Å². The van der Waals surface area contributed by atoms with Gasteiger partial charge in [0.2, 0.25) is 0 Å². The van der Waals surface area contributed by atoms with Gasteiger partial charge in [0.1, 0.15) is 17.3 Å². The molecule has 2 aromatic rings. The van der Waals surface area contributed by atoms with Gasteiger partial charge in [-0.15, -0.1) is 0 Å². The molecule has 128 valence electrons. The molecule has 1 unspecified atom stereocenters. The quantitative estimate of drug-likeness (QED) is 0.846. The molecule has 24 heavy (non-hydrogen) atoms. The molecule has 0 aliphatic carbocycles. The number of amides is 1. The van der Waals surface area contributed by atoms with Crippen molar-refractivity contribution in [3.63, 3.8) is 0 Å². The number of aromatic nitrogens is 2. The van der Waals surface area contributed by atoms with E-state index in [4.69, 9.17) is 4.74 Å². The summed E-state index contributed by atoms with van der Waals surface area (Å²) in [6.07, 6.45) is 3.65. The summed E-state index contributed by atoms with van der Waals surface area (Å²) in [5, 5.41) is 4.17. The zero-order valence-corrected chi connectivity index (χ0v) is 13.8. The van der Waals surface area contributed by atoms with E-state index in [1.54, 1.807) is 29.1 Å². The highest BCUT2D eigenvalue weighted by molar-refractivity contribution is 5.92. The summed E-state index contributed by atoms with van der Waals surface area (Å²) in [6.45, 7) is 4.62. The van der Waals surface area contributed by atoms with Gasteiger partial charge in [-0.3, -0.25) is 9.48 Å². The van der Waals surface area contributed by atoms with Gasteiger partial charge in [-0.05, 0) is 50.1 Å². The molecule has 1 aromatic carbocycles. The summed E-state index contributed by atoms with van der Waals surface area (Å²) >= 11 is 0. The van der Waals surface area contributed by atoms with Gasteiger partial charge < -0.3 is 9.64 Å². The zero-order chi connectivity index (χ0) is 16.9. The van der Waals surface area contributed by atoms with Crippen molar-refractivity contribution in [3.05, 3.63) is 48.0 Å². The molecule has 0 saturated carbocycles. The second-order valence-corrected chi connectivity index (χ2v) is 6.06. The monoisotopic (exact) mass is 331 g/mol. The molecule has 6 heteroatoms. The van der Waals surface area contributed by atoms with Crippen LogP contribution in [0.15, 0.2) is 36.5 Å². The lowest BCUT2D eigenvalue weighted by Gasteiger charge is -2.32. The standard InChI is InChI=1S/C18H22FN3O2/c1-2-22-17(9-10-20-22)18(23)21-11-3-4-14(12-21)13-24-16-7-5-15(19)6-8-16/h5-10,14H,2-4,11-13H2,1H3. The average Bonchev–Trinajstić information content (AvgIpc) is 3.09. The SMILES string of the molecule is CCn1nccc1C(=O)N1CCCC(COc2ccc(F)cc2)C1. The van der Waals surface area contributed by atoms with E-state index in [2.05, 4.69) is 5.10 Å². The predicted molar refractivity (Wildman–Crippen MR) is 88.4 cm³/mol. The Morgan fingerprint density at radius 2 is 2.12 bits per heavy atom. The van der Waals surface area contributed by atoms with Crippen molar-refractivity contribution in [3.8, 4) is 5.75 Å². The molecule has 1 amide bonds. The van der Waals surface area contributed by atoms with E-state index in [0.29, 0.717) is 31.1 Å². The number of likely N-dealkylation sites (tertiary alicyclic amines) is 1. The van der Waals surface area contributed by atoms with E-state index in [9.17, 15) is 9.18 Å². The van der Waals surface area contributed by atoms with E-state index in [-0.39, 0.29) is 17.6 Å². The molecular weight excluding hydrogens is 309 g/mol. The summed E-state index contributed by atoms with van der Waals surface area (Å²) in [5.41, 5.74) is 0.637. The van der Waals surface area contributed by atoms with Gasteiger partial charge in [0.25, 0.3) is 5.91 Å². The topological polar surface area (TPSA) is 47.4 Å². The van der Waals surface area contributed by atoms with Crippen molar-refractivity contribution in [1.29, 1.82) is 0 Å². The average molecular weight is 331 g/mol. The Bertz CT molecular complexity index is 684. The van der Waals surface area contributed by atoms with E-state index >= 15 is 0 Å². The Morgan fingerprint density at radius 3 is 2.88 bits per heavy atom. The summed E-state index contributed by atoms with van der Waals surface area (Å²) in [6, 6.07) is 7.79. The number of nitrogens with zero attached hydrogens (tertiary/aromatic N) is 3. The lowest BCUT2D eigenvalue weighted by Crippen LogP contribution is -2.42. The van der Waals surface area contributed by atoms with E-state index in [0.717, 1.165) is 19.4 Å². The third-order valence-electron chi connectivity index (χ3n) is 4.34. The minimum absolute atomic E-state index is 0.0285. The Morgan fingerprint density at radius 1 is 1.33 bits per heavy atom. The van der Waals surface area contributed by atoms with E-state index in [1.165, 1.54) is 12.1 Å². The molecule has 1 saturated heterocycles. The number of carbonyl (C=O) groups excluding carboxylic acids is 1. The van der Waals surface area contributed by atoms with Crippen LogP contribution in [-0.2, 0) is 6.54 Å². The second kappa shape index (κ2) is 7.47. The number of hydrogen-bond acceptors (Lipinski definition) is 3. The third-order valence-corrected chi connectivity index (χ3v) is 4.34. The highest BCUT2D eigenvalue weighted by Gasteiger charge is 2.26. The fourth-order valence-corrected chi connectivity index (χ4v) is 3.06. The smallest absolute Gasteiger partial charge is 0.272 e. The molecule has 2 heterocycles. The number of piperidine rings is 1. The van der Waals surface area contributed by atoms with Crippen molar-refractivity contribution in [1.82, 2.24) is 14.7 Å². The maximum atomic E-state index is 12.9. The van der Waals surface area contributed by atoms with Crippen LogP contribution in [0.5, 0.6) is 5.75 Å². The Balaban J connectivity index is 1.58. The summed E-state index contributed by atoms with van der Waals surface area (Å²) < 4.78 is 20.4. The first-order valence-corrected chi connectivity index (χ1v) is 8.37. The van der Waals surface area contributed by atoms with Gasteiger partial charge in [-0.25, -0.2) is 4.39 Å². The van der Waals surface area contributed by atoms with Crippen LogP contribution in [0.1, 0.15) is 30.3 Å². The van der Waals surface area contributed by atoms with Crippen molar-refractivity contribution < 1.29 is 13.9 Å². The molecular formula is C18H22FN3O2. The molecule has 0 radical (unpaired) electrons. The molecule has 1 atom stereocenters. The fraction of sp³-hybridized carbons (Fsp3) is 0.444. The number of halogens is 1. The van der Waals surface area contributed by atoms with Gasteiger partial charge in [-0.2, -0.15) is 5.10 Å². The van der Waals surface area contributed by atoms with Gasteiger partial charge in [0.15, 0.2) is 0 Å². The number of benzene rings is 1. The molecule has 0 N–H and O–H groups in total. The van der Waals surface area contributed by atoms with Gasteiger partial charge >= 0.3 is 0 Å². The molecule has 1 aromatic heterocycles. The lowest BCUT2D eigenvalue weighted by atomic mass is 9.98. The summed E-state index contributed by atoms with van der Waals surface area (Å²) in [5.74, 6) is 0.694. The van der Waals surface area contributed by atoms with Crippen LogP contribution in [0.4, 0.5) is 4.39 Å². The van der Waals surface area contributed by atoms with Crippen molar-refractivity contribution in [2.75, 3.05) is 19.7 Å². The molecule has 1 fully saturated rings. The van der Waals surface area contributed by atoms with Crippen LogP contribution in [-0.4, -0.2) is 40.3 Å². The first-order valence-electron chi connectivity index (χ1n) is 8.37. The maximum Gasteiger partial charge on any atom is 0.272 e. The normalized spacial score (nSPS) is 17.8. The fourth-order valence-electron chi connectivity index (χ4n) is 3.06. The third kappa shape index (κ3) is 3.75. The van der Waals surface area contributed by atoms with E-state index < -0.39 is 0 Å². The van der Waals surface area contributed by atoms with Crippen LogP contribution >= 0.6 is 0 Å². The molecule has 5 nitrogen and oxygen atoms in total. The number of hydrogen-bond donors (Lipinski definition) is 0. The molecule has 1 aliphatic rings. The molecule has 0 bridgehead atoms. The molecule has 0 spiro atoms. The van der Waals surface area contributed by atoms with Crippen LogP contribution in [0.3, 0.4) is 0 Å². The van der Waals surface area contributed by atoms with Crippen LogP contribution in [0.25, 0.3) is 0 Å². The summed E-state index contributed by atoms with van der Waals surface area (Å²) in [7, 11) is 0. The first-order chi connectivity index (χ1) is 11.7. The van der Waals surface area contributed by atoms with Crippen LogP contribution < -0.4 is 4.74 Å². The zero-order valence-electron chi connectivity index (χ0n) is 13.8. The van der Waals surface area contributed by atoms with Crippen molar-refractivity contribution >= 4 is 5.91 Å². The summed E-state index contributed by atoms with van der Waals surface area (Å²) in [4.78, 5) is 14.6. The maximum absolute atomic E-state index is 12.9. The molecule has 1 aliphatic heterocycles. The number of rotatable bonds is 5. The number of carbonyl (C=O) groups is 1. The minimum Gasteiger partial charge on any atom is -0.493 e. The predicted octanol–water partition coefficient (Wildman–Crippen LogP) is 2.97. The van der Waals surface area contributed by atoms with Crippen LogP contribution in [0.2, 0.25) is 0 Å². The van der Waals surface area contributed by atoms with Crippen LogP contribution in [0, 0.1) is 11.7 Å². The lowest BCUT2D eigenvalue weighted by molar-refractivity contribution is 0.0621.